The molecule has 0 spiro atoms. The number of nitrogens with zero attached hydrogens (tertiary/aromatic N) is 1. The zero-order valence-electron chi connectivity index (χ0n) is 8.10. The molecule has 0 saturated carbocycles. The van der Waals surface area contributed by atoms with Crippen molar-refractivity contribution in [3.05, 3.63) is 47.7 Å². The molecule has 0 aliphatic heterocycles. The highest BCUT2D eigenvalue weighted by molar-refractivity contribution is 7.80. The number of hydrogen-bond acceptors (Lipinski definition) is 2. The summed E-state index contributed by atoms with van der Waals surface area (Å²) in [6, 6.07) is 10.3. The van der Waals surface area contributed by atoms with Crippen LogP contribution < -0.4 is 0 Å². The van der Waals surface area contributed by atoms with E-state index in [-0.39, 0.29) is 0 Å². The predicted octanol–water partition coefficient (Wildman–Crippen LogP) is 3.37. The zero-order valence-corrected chi connectivity index (χ0v) is 8.92. The van der Waals surface area contributed by atoms with Crippen molar-refractivity contribution < 1.29 is 0 Å². The zero-order chi connectivity index (χ0) is 10.3. The molecule has 0 amide bonds. The SMILES string of the molecule is S=C1CC=Cc2nc3ccccc3cc21. The lowest BCUT2D eigenvalue weighted by atomic mass is 10.00. The molecule has 2 heteroatoms. The second-order valence-corrected chi connectivity index (χ2v) is 4.14. The van der Waals surface area contributed by atoms with Gasteiger partial charge in [-0.25, -0.2) is 4.98 Å². The molecule has 2 aromatic rings. The number of aromatic nitrogens is 1. The highest BCUT2D eigenvalue weighted by Crippen LogP contribution is 2.22. The fourth-order valence-corrected chi connectivity index (χ4v) is 2.13. The Hall–Kier alpha value is -1.54. The van der Waals surface area contributed by atoms with Crippen LogP contribution in [0.1, 0.15) is 17.7 Å². The van der Waals surface area contributed by atoms with Gasteiger partial charge in [-0.1, -0.05) is 36.5 Å². The monoisotopic (exact) mass is 211 g/mol. The Kier molecular flexibility index (Phi) is 1.89. The number of pyridine rings is 1. The van der Waals surface area contributed by atoms with Gasteiger partial charge in [0.15, 0.2) is 0 Å². The molecule has 1 nitrogen and oxygen atoms in total. The van der Waals surface area contributed by atoms with Crippen LogP contribution in [0.5, 0.6) is 0 Å². The van der Waals surface area contributed by atoms with Crippen molar-refractivity contribution in [2.24, 2.45) is 0 Å². The van der Waals surface area contributed by atoms with Gasteiger partial charge in [-0.2, -0.15) is 0 Å². The van der Waals surface area contributed by atoms with Gasteiger partial charge in [-0.3, -0.25) is 0 Å². The van der Waals surface area contributed by atoms with E-state index in [0.29, 0.717) is 0 Å². The number of thiocarbonyl (C=S) groups is 1. The summed E-state index contributed by atoms with van der Waals surface area (Å²) in [7, 11) is 0. The smallest absolute Gasteiger partial charge is 0.0717 e. The average molecular weight is 211 g/mol. The van der Waals surface area contributed by atoms with Gasteiger partial charge in [-0.05, 0) is 18.2 Å². The van der Waals surface area contributed by atoms with E-state index in [1.54, 1.807) is 0 Å². The Morgan fingerprint density at radius 1 is 1.20 bits per heavy atom. The van der Waals surface area contributed by atoms with Crippen LogP contribution in [0.4, 0.5) is 0 Å². The first-order chi connectivity index (χ1) is 7.34. The lowest BCUT2D eigenvalue weighted by Crippen LogP contribution is -2.04. The first-order valence-corrected chi connectivity index (χ1v) is 5.35. The predicted molar refractivity (Wildman–Crippen MR) is 67.1 cm³/mol. The third kappa shape index (κ3) is 1.38. The summed E-state index contributed by atoms with van der Waals surface area (Å²) in [5, 5.41) is 1.16. The first-order valence-electron chi connectivity index (χ1n) is 4.94. The third-order valence-corrected chi connectivity index (χ3v) is 3.02. The molecule has 15 heavy (non-hydrogen) atoms. The summed E-state index contributed by atoms with van der Waals surface area (Å²) in [6.45, 7) is 0. The molecule has 1 aliphatic carbocycles. The number of hydrogen-bond donors (Lipinski definition) is 0. The van der Waals surface area contributed by atoms with Gasteiger partial charge < -0.3 is 0 Å². The Bertz CT molecular complexity index is 584. The van der Waals surface area contributed by atoms with E-state index >= 15 is 0 Å². The number of benzene rings is 1. The van der Waals surface area contributed by atoms with Crippen molar-refractivity contribution in [3.8, 4) is 0 Å². The van der Waals surface area contributed by atoms with Crippen LogP contribution in [-0.4, -0.2) is 9.85 Å². The van der Waals surface area contributed by atoms with Gasteiger partial charge in [0.1, 0.15) is 0 Å². The highest BCUT2D eigenvalue weighted by atomic mass is 32.1. The quantitative estimate of drug-likeness (QED) is 0.620. The van der Waals surface area contributed by atoms with Crippen LogP contribution >= 0.6 is 12.2 Å². The van der Waals surface area contributed by atoms with E-state index in [9.17, 15) is 0 Å². The molecule has 1 heterocycles. The molecule has 0 atom stereocenters. The molecular formula is C13H9NS. The van der Waals surface area contributed by atoms with Crippen LogP contribution in [0.3, 0.4) is 0 Å². The molecule has 0 bridgehead atoms. The van der Waals surface area contributed by atoms with Crippen molar-refractivity contribution in [2.45, 2.75) is 6.42 Å². The second kappa shape index (κ2) is 3.24. The Labute approximate surface area is 93.5 Å². The fraction of sp³-hybridized carbons (Fsp3) is 0.0769. The van der Waals surface area contributed by atoms with Crippen LogP contribution in [0, 0.1) is 0 Å². The largest absolute Gasteiger partial charge is 0.248 e. The fourth-order valence-electron chi connectivity index (χ4n) is 1.87. The van der Waals surface area contributed by atoms with Gasteiger partial charge in [0.2, 0.25) is 0 Å². The summed E-state index contributed by atoms with van der Waals surface area (Å²) in [5.74, 6) is 0. The van der Waals surface area contributed by atoms with E-state index in [1.165, 1.54) is 0 Å². The van der Waals surface area contributed by atoms with Crippen molar-refractivity contribution in [2.75, 3.05) is 0 Å². The van der Waals surface area contributed by atoms with E-state index in [1.807, 2.05) is 18.2 Å². The summed E-state index contributed by atoms with van der Waals surface area (Å²) >= 11 is 5.33. The van der Waals surface area contributed by atoms with Gasteiger partial charge >= 0.3 is 0 Å². The van der Waals surface area contributed by atoms with Crippen molar-refractivity contribution >= 4 is 34.1 Å². The summed E-state index contributed by atoms with van der Waals surface area (Å²) in [4.78, 5) is 5.58. The van der Waals surface area contributed by atoms with Gasteiger partial charge in [0.05, 0.1) is 11.2 Å². The average Bonchev–Trinajstić information content (AvgIpc) is 2.27. The van der Waals surface area contributed by atoms with Crippen LogP contribution in [-0.2, 0) is 0 Å². The van der Waals surface area contributed by atoms with E-state index in [4.69, 9.17) is 12.2 Å². The third-order valence-electron chi connectivity index (χ3n) is 2.63. The maximum Gasteiger partial charge on any atom is 0.0717 e. The maximum absolute atomic E-state index is 5.33. The number of rotatable bonds is 0. The molecule has 0 unspecified atom stereocenters. The molecule has 0 saturated heterocycles. The van der Waals surface area contributed by atoms with Crippen molar-refractivity contribution in [3.63, 3.8) is 0 Å². The summed E-state index contributed by atoms with van der Waals surface area (Å²) in [5.41, 5.74) is 3.15. The Morgan fingerprint density at radius 3 is 3.00 bits per heavy atom. The first kappa shape index (κ1) is 8.74. The topological polar surface area (TPSA) is 12.9 Å². The molecule has 1 aliphatic rings. The summed E-state index contributed by atoms with van der Waals surface area (Å²) in [6.07, 6.45) is 4.99. The van der Waals surface area contributed by atoms with E-state index in [0.717, 1.165) is 33.4 Å². The molecular weight excluding hydrogens is 202 g/mol. The molecule has 1 aromatic carbocycles. The number of allylic oxidation sites excluding steroid dienone is 1. The highest BCUT2D eigenvalue weighted by Gasteiger charge is 2.11. The lowest BCUT2D eigenvalue weighted by Gasteiger charge is -2.11. The van der Waals surface area contributed by atoms with Crippen LogP contribution in [0.15, 0.2) is 36.4 Å². The molecule has 0 N–H and O–H groups in total. The lowest BCUT2D eigenvalue weighted by molar-refractivity contribution is 1.32. The Balaban J connectivity index is 2.38. The molecule has 0 fully saturated rings. The van der Waals surface area contributed by atoms with Gasteiger partial charge in [-0.15, -0.1) is 0 Å². The van der Waals surface area contributed by atoms with Crippen molar-refractivity contribution in [1.29, 1.82) is 0 Å². The maximum atomic E-state index is 5.33. The second-order valence-electron chi connectivity index (χ2n) is 3.64. The summed E-state index contributed by atoms with van der Waals surface area (Å²) < 4.78 is 0. The minimum absolute atomic E-state index is 0.863. The molecule has 72 valence electrons. The van der Waals surface area contributed by atoms with Crippen LogP contribution in [0.2, 0.25) is 0 Å². The van der Waals surface area contributed by atoms with Crippen LogP contribution in [0.25, 0.3) is 17.0 Å². The normalized spacial score (nSPS) is 14.3. The number of para-hydroxylation sites is 1. The number of fused-ring (bicyclic) bond motifs is 2. The minimum atomic E-state index is 0.863. The van der Waals surface area contributed by atoms with E-state index in [2.05, 4.69) is 29.3 Å². The van der Waals surface area contributed by atoms with Crippen molar-refractivity contribution in [1.82, 2.24) is 4.98 Å². The standard InChI is InChI=1S/C13H9NS/c15-13-7-3-6-12-10(13)8-9-4-1-2-5-11(9)14-12/h1-6,8H,7H2. The van der Waals surface area contributed by atoms with E-state index < -0.39 is 0 Å². The molecule has 3 rings (SSSR count). The van der Waals surface area contributed by atoms with Gasteiger partial charge in [0.25, 0.3) is 0 Å². The molecule has 1 aromatic heterocycles. The van der Waals surface area contributed by atoms with Gasteiger partial charge in [0, 0.05) is 22.2 Å². The minimum Gasteiger partial charge on any atom is -0.248 e. The molecule has 0 radical (unpaired) electrons. The Morgan fingerprint density at radius 2 is 2.07 bits per heavy atom.